The summed E-state index contributed by atoms with van der Waals surface area (Å²) in [5.41, 5.74) is 3.88. The van der Waals surface area contributed by atoms with E-state index in [1.807, 2.05) is 36.4 Å². The van der Waals surface area contributed by atoms with Crippen molar-refractivity contribution in [1.29, 1.82) is 0 Å². The van der Waals surface area contributed by atoms with E-state index in [1.54, 1.807) is 0 Å². The van der Waals surface area contributed by atoms with Crippen LogP contribution >= 0.6 is 0 Å². The molecule has 0 aliphatic carbocycles. The van der Waals surface area contributed by atoms with E-state index in [-0.39, 0.29) is 0 Å². The SMILES string of the molecule is c1cc2nc(c1)COCCCCCCOCc1cccc(n1)COCCCCCCOC2. The van der Waals surface area contributed by atoms with Crippen molar-refractivity contribution in [3.8, 4) is 0 Å². The first-order valence-corrected chi connectivity index (χ1v) is 12.1. The first-order chi connectivity index (χ1) is 15.9. The highest BCUT2D eigenvalue weighted by molar-refractivity contribution is 5.10. The minimum atomic E-state index is 0.561. The van der Waals surface area contributed by atoms with Gasteiger partial charge in [0.15, 0.2) is 0 Å². The first-order valence-electron chi connectivity index (χ1n) is 12.1. The third kappa shape index (κ3) is 10.6. The molecule has 3 heterocycles. The van der Waals surface area contributed by atoms with Gasteiger partial charge in [0, 0.05) is 26.4 Å². The molecule has 0 spiro atoms. The molecule has 6 heteroatoms. The van der Waals surface area contributed by atoms with E-state index < -0.39 is 0 Å². The second-order valence-corrected chi connectivity index (χ2v) is 8.28. The van der Waals surface area contributed by atoms with Gasteiger partial charge in [0.05, 0.1) is 49.2 Å². The van der Waals surface area contributed by atoms with Crippen molar-refractivity contribution >= 4 is 0 Å². The van der Waals surface area contributed by atoms with Gasteiger partial charge >= 0.3 is 0 Å². The van der Waals surface area contributed by atoms with Gasteiger partial charge in [0.1, 0.15) is 0 Å². The Morgan fingerprint density at radius 2 is 0.688 bits per heavy atom. The molecule has 0 saturated carbocycles. The Morgan fingerprint density at radius 3 is 0.969 bits per heavy atom. The molecule has 1 aliphatic heterocycles. The predicted molar refractivity (Wildman–Crippen MR) is 124 cm³/mol. The Hall–Kier alpha value is -1.86. The molecule has 0 N–H and O–H groups in total. The minimum Gasteiger partial charge on any atom is -0.375 e. The van der Waals surface area contributed by atoms with Crippen molar-refractivity contribution in [1.82, 2.24) is 9.97 Å². The third-order valence-electron chi connectivity index (χ3n) is 5.38. The maximum Gasteiger partial charge on any atom is 0.0887 e. The Bertz CT molecular complexity index is 638. The summed E-state index contributed by atoms with van der Waals surface area (Å²) in [6.45, 7) is 5.31. The highest BCUT2D eigenvalue weighted by Gasteiger charge is 2.02. The van der Waals surface area contributed by atoms with Crippen LogP contribution < -0.4 is 0 Å². The zero-order valence-electron chi connectivity index (χ0n) is 19.3. The topological polar surface area (TPSA) is 62.7 Å². The summed E-state index contributed by atoms with van der Waals surface area (Å²) in [6.07, 6.45) is 8.84. The lowest BCUT2D eigenvalue weighted by Crippen LogP contribution is -2.04. The average molecular weight is 443 g/mol. The summed E-state index contributed by atoms with van der Waals surface area (Å²) < 4.78 is 23.2. The molecule has 0 amide bonds. The normalized spacial score (nSPS) is 19.2. The molecule has 32 heavy (non-hydrogen) atoms. The Morgan fingerprint density at radius 1 is 0.406 bits per heavy atom. The van der Waals surface area contributed by atoms with Crippen LogP contribution in [-0.4, -0.2) is 36.4 Å². The lowest BCUT2D eigenvalue weighted by Gasteiger charge is -2.09. The van der Waals surface area contributed by atoms with E-state index in [0.29, 0.717) is 26.4 Å². The van der Waals surface area contributed by atoms with Crippen LogP contribution in [0, 0.1) is 0 Å². The van der Waals surface area contributed by atoms with Gasteiger partial charge in [-0.1, -0.05) is 37.8 Å². The molecule has 2 aromatic rings. The lowest BCUT2D eigenvalue weighted by atomic mass is 10.2. The van der Waals surface area contributed by atoms with Gasteiger partial charge < -0.3 is 18.9 Å². The first kappa shape index (κ1) is 24.8. The molecule has 0 aromatic carbocycles. The van der Waals surface area contributed by atoms with Crippen LogP contribution in [0.15, 0.2) is 36.4 Å². The fourth-order valence-corrected chi connectivity index (χ4v) is 3.61. The van der Waals surface area contributed by atoms with Crippen LogP contribution in [0.2, 0.25) is 0 Å². The van der Waals surface area contributed by atoms with Gasteiger partial charge in [0.25, 0.3) is 0 Å². The number of ether oxygens (including phenoxy) is 4. The van der Waals surface area contributed by atoms with Crippen LogP contribution in [0.25, 0.3) is 0 Å². The van der Waals surface area contributed by atoms with Crippen LogP contribution in [0.1, 0.15) is 74.1 Å². The van der Waals surface area contributed by atoms with E-state index in [2.05, 4.69) is 9.97 Å². The summed E-state index contributed by atoms with van der Waals surface area (Å²) in [5.74, 6) is 0. The van der Waals surface area contributed by atoms with Gasteiger partial charge in [0.2, 0.25) is 0 Å². The van der Waals surface area contributed by atoms with Crippen LogP contribution in [0.4, 0.5) is 0 Å². The summed E-state index contributed by atoms with van der Waals surface area (Å²) in [6, 6.07) is 12.1. The molecule has 1 aliphatic rings. The van der Waals surface area contributed by atoms with Crippen molar-refractivity contribution in [2.75, 3.05) is 26.4 Å². The Kier molecular flexibility index (Phi) is 12.3. The fourth-order valence-electron chi connectivity index (χ4n) is 3.61. The lowest BCUT2D eigenvalue weighted by molar-refractivity contribution is 0.0997. The molecule has 0 radical (unpaired) electrons. The van der Waals surface area contributed by atoms with Crippen molar-refractivity contribution < 1.29 is 18.9 Å². The van der Waals surface area contributed by atoms with Crippen LogP contribution in [0.5, 0.6) is 0 Å². The molecule has 0 fully saturated rings. The van der Waals surface area contributed by atoms with Crippen molar-refractivity contribution in [2.45, 2.75) is 77.8 Å². The molecule has 0 unspecified atom stereocenters. The number of fused-ring (bicyclic) bond motifs is 4. The van der Waals surface area contributed by atoms with Gasteiger partial charge in [-0.25, -0.2) is 0 Å². The van der Waals surface area contributed by atoms with E-state index in [0.717, 1.165) is 101 Å². The molecule has 3 rings (SSSR count). The maximum atomic E-state index is 5.80. The summed E-state index contributed by atoms with van der Waals surface area (Å²) >= 11 is 0. The molecule has 0 saturated heterocycles. The number of hydrogen-bond donors (Lipinski definition) is 0. The van der Waals surface area contributed by atoms with Gasteiger partial charge in [-0.2, -0.15) is 0 Å². The second kappa shape index (κ2) is 15.9. The van der Waals surface area contributed by atoms with E-state index in [4.69, 9.17) is 18.9 Å². The van der Waals surface area contributed by atoms with Gasteiger partial charge in [-0.05, 0) is 49.9 Å². The van der Waals surface area contributed by atoms with Crippen LogP contribution in [-0.2, 0) is 45.4 Å². The van der Waals surface area contributed by atoms with Gasteiger partial charge in [-0.3, -0.25) is 9.97 Å². The highest BCUT2D eigenvalue weighted by atomic mass is 16.5. The summed E-state index contributed by atoms with van der Waals surface area (Å²) in [7, 11) is 0. The number of hydrogen-bond acceptors (Lipinski definition) is 6. The maximum absolute atomic E-state index is 5.80. The second-order valence-electron chi connectivity index (χ2n) is 8.28. The molecule has 176 valence electrons. The zero-order valence-corrected chi connectivity index (χ0v) is 19.3. The average Bonchev–Trinajstić information content (AvgIpc) is 2.81. The monoisotopic (exact) mass is 442 g/mol. The number of aromatic nitrogens is 2. The fraction of sp³-hybridized carbons (Fsp3) is 0.615. The molecular formula is C26H38N2O4. The smallest absolute Gasteiger partial charge is 0.0887 e. The summed E-state index contributed by atoms with van der Waals surface area (Å²) in [4.78, 5) is 9.29. The third-order valence-corrected chi connectivity index (χ3v) is 5.38. The number of pyridine rings is 2. The zero-order chi connectivity index (χ0) is 22.1. The molecule has 4 bridgehead atoms. The van der Waals surface area contributed by atoms with E-state index >= 15 is 0 Å². The van der Waals surface area contributed by atoms with Gasteiger partial charge in [-0.15, -0.1) is 0 Å². The van der Waals surface area contributed by atoms with Crippen molar-refractivity contribution in [2.24, 2.45) is 0 Å². The van der Waals surface area contributed by atoms with E-state index in [1.165, 1.54) is 0 Å². The minimum absolute atomic E-state index is 0.561. The highest BCUT2D eigenvalue weighted by Crippen LogP contribution is 2.08. The quantitative estimate of drug-likeness (QED) is 0.546. The Labute approximate surface area is 192 Å². The number of rotatable bonds is 0. The molecule has 0 atom stereocenters. The predicted octanol–water partition coefficient (Wildman–Crippen LogP) is 5.38. The van der Waals surface area contributed by atoms with Crippen molar-refractivity contribution in [3.63, 3.8) is 0 Å². The molecule has 6 nitrogen and oxygen atoms in total. The van der Waals surface area contributed by atoms with Crippen molar-refractivity contribution in [3.05, 3.63) is 59.2 Å². The molecular weight excluding hydrogens is 404 g/mol. The number of nitrogens with zero attached hydrogens (tertiary/aromatic N) is 2. The van der Waals surface area contributed by atoms with E-state index in [9.17, 15) is 0 Å². The summed E-state index contributed by atoms with van der Waals surface area (Å²) in [5, 5.41) is 0. The van der Waals surface area contributed by atoms with Crippen LogP contribution in [0.3, 0.4) is 0 Å². The molecule has 2 aromatic heterocycles. The standard InChI is InChI=1S/C26H38N2O4/c1-2-6-16-30-20-24-12-10-14-26(28-24)22-32-18-8-4-3-7-17-31-21-25-13-9-11-23(27-25)19-29-15-5-1/h9-14H,1-8,15-22H2. The Balaban J connectivity index is 1.41. The largest absolute Gasteiger partial charge is 0.375 e.